The van der Waals surface area contributed by atoms with E-state index in [1.807, 2.05) is 11.8 Å². The molecule has 3 rings (SSSR count). The largest absolute Gasteiger partial charge is 0.373 e. The maximum atomic E-state index is 12.4. The zero-order valence-electron chi connectivity index (χ0n) is 10.5. The van der Waals surface area contributed by atoms with Gasteiger partial charge in [0.25, 0.3) is 0 Å². The van der Waals surface area contributed by atoms with Gasteiger partial charge in [0.2, 0.25) is 5.91 Å². The van der Waals surface area contributed by atoms with Gasteiger partial charge in [-0.05, 0) is 38.0 Å². The number of ether oxygens (including phenoxy) is 1. The average Bonchev–Trinajstić information content (AvgIpc) is 2.95. The minimum Gasteiger partial charge on any atom is -0.373 e. The van der Waals surface area contributed by atoms with Crippen molar-refractivity contribution in [2.75, 3.05) is 19.7 Å². The van der Waals surface area contributed by atoms with E-state index in [2.05, 4.69) is 0 Å². The number of carbonyl (C=O) groups is 1. The maximum absolute atomic E-state index is 12.4. The van der Waals surface area contributed by atoms with Crippen molar-refractivity contribution in [3.8, 4) is 0 Å². The molecule has 0 aromatic rings. The molecule has 3 aliphatic rings. The van der Waals surface area contributed by atoms with Gasteiger partial charge >= 0.3 is 0 Å². The molecule has 2 aliphatic carbocycles. The van der Waals surface area contributed by atoms with Crippen molar-refractivity contribution in [2.24, 2.45) is 23.5 Å². The number of hydrogen-bond acceptors (Lipinski definition) is 3. The number of amides is 1. The third-order valence-corrected chi connectivity index (χ3v) is 4.58. The summed E-state index contributed by atoms with van der Waals surface area (Å²) < 4.78 is 5.59. The molecule has 0 aromatic heterocycles. The lowest BCUT2D eigenvalue weighted by Gasteiger charge is -2.36. The number of rotatable bonds is 2. The fraction of sp³-hybridized carbons (Fsp3) is 0.923. The number of fused-ring (bicyclic) bond motifs is 1. The Labute approximate surface area is 102 Å². The molecule has 0 bridgehead atoms. The molecule has 4 heteroatoms. The molecule has 0 spiro atoms. The average molecular weight is 238 g/mol. The molecule has 17 heavy (non-hydrogen) atoms. The van der Waals surface area contributed by atoms with Gasteiger partial charge in [0.15, 0.2) is 0 Å². The summed E-state index contributed by atoms with van der Waals surface area (Å²) in [6.07, 6.45) is 3.64. The Kier molecular flexibility index (Phi) is 2.87. The van der Waals surface area contributed by atoms with E-state index in [0.717, 1.165) is 31.2 Å². The second kappa shape index (κ2) is 4.25. The molecule has 96 valence electrons. The van der Waals surface area contributed by atoms with E-state index >= 15 is 0 Å². The summed E-state index contributed by atoms with van der Waals surface area (Å²) in [5.41, 5.74) is 5.85. The molecule has 2 N–H and O–H groups in total. The summed E-state index contributed by atoms with van der Waals surface area (Å²) in [6.45, 7) is 4.01. The first kappa shape index (κ1) is 11.5. The molecule has 4 unspecified atom stereocenters. The highest BCUT2D eigenvalue weighted by molar-refractivity contribution is 5.79. The summed E-state index contributed by atoms with van der Waals surface area (Å²) in [4.78, 5) is 14.3. The molecule has 3 fully saturated rings. The van der Waals surface area contributed by atoms with Gasteiger partial charge in [0.05, 0.1) is 12.7 Å². The van der Waals surface area contributed by atoms with Crippen molar-refractivity contribution in [1.29, 1.82) is 0 Å². The Balaban J connectivity index is 1.57. The molecule has 0 aromatic carbocycles. The van der Waals surface area contributed by atoms with Crippen LogP contribution in [0.5, 0.6) is 0 Å². The van der Waals surface area contributed by atoms with Crippen LogP contribution in [0.3, 0.4) is 0 Å². The van der Waals surface area contributed by atoms with Gasteiger partial charge in [-0.3, -0.25) is 4.79 Å². The molecule has 4 nitrogen and oxygen atoms in total. The number of carbonyl (C=O) groups excluding carboxylic acids is 1. The number of nitrogens with zero attached hydrogens (tertiary/aromatic N) is 1. The Morgan fingerprint density at radius 3 is 2.71 bits per heavy atom. The monoisotopic (exact) mass is 238 g/mol. The van der Waals surface area contributed by atoms with Crippen LogP contribution in [-0.2, 0) is 9.53 Å². The fourth-order valence-corrected chi connectivity index (χ4v) is 3.37. The fourth-order valence-electron chi connectivity index (χ4n) is 3.37. The van der Waals surface area contributed by atoms with Gasteiger partial charge in [0, 0.05) is 25.0 Å². The maximum Gasteiger partial charge on any atom is 0.225 e. The predicted octanol–water partition coefficient (Wildman–Crippen LogP) is 0.607. The molecule has 1 saturated heterocycles. The molecule has 1 amide bonds. The Morgan fingerprint density at radius 1 is 1.35 bits per heavy atom. The Bertz CT molecular complexity index is 309. The van der Waals surface area contributed by atoms with Crippen molar-refractivity contribution in [3.05, 3.63) is 0 Å². The zero-order valence-corrected chi connectivity index (χ0v) is 10.5. The molecular weight excluding hydrogens is 216 g/mol. The summed E-state index contributed by atoms with van der Waals surface area (Å²) in [5.74, 6) is 2.39. The van der Waals surface area contributed by atoms with Crippen LogP contribution in [0.2, 0.25) is 0 Å². The summed E-state index contributed by atoms with van der Waals surface area (Å²) in [7, 11) is 0. The van der Waals surface area contributed by atoms with E-state index in [-0.39, 0.29) is 12.1 Å². The van der Waals surface area contributed by atoms with Crippen LogP contribution in [-0.4, -0.2) is 42.6 Å². The van der Waals surface area contributed by atoms with Crippen LogP contribution in [0.15, 0.2) is 0 Å². The number of hydrogen-bond donors (Lipinski definition) is 1. The first-order chi connectivity index (χ1) is 8.15. The van der Waals surface area contributed by atoms with Crippen molar-refractivity contribution in [2.45, 2.75) is 38.3 Å². The van der Waals surface area contributed by atoms with Crippen LogP contribution in [0.1, 0.15) is 26.2 Å². The normalized spacial score (nSPS) is 42.1. The molecule has 0 radical (unpaired) electrons. The van der Waals surface area contributed by atoms with Gasteiger partial charge < -0.3 is 15.4 Å². The second-order valence-corrected chi connectivity index (χ2v) is 5.98. The highest BCUT2D eigenvalue weighted by Crippen LogP contribution is 2.54. The minimum absolute atomic E-state index is 0.00239. The zero-order chi connectivity index (χ0) is 12.0. The van der Waals surface area contributed by atoms with Gasteiger partial charge in [-0.25, -0.2) is 0 Å². The molecular formula is C13H22N2O2. The van der Waals surface area contributed by atoms with Crippen molar-refractivity contribution >= 4 is 5.91 Å². The van der Waals surface area contributed by atoms with Gasteiger partial charge in [-0.1, -0.05) is 0 Å². The number of morpholine rings is 1. The summed E-state index contributed by atoms with van der Waals surface area (Å²) in [5, 5.41) is 0. The Morgan fingerprint density at radius 2 is 2.06 bits per heavy atom. The third-order valence-electron chi connectivity index (χ3n) is 4.58. The summed E-state index contributed by atoms with van der Waals surface area (Å²) in [6, 6.07) is 0.00239. The number of nitrogens with two attached hydrogens (primary N) is 1. The molecule has 4 atom stereocenters. The van der Waals surface area contributed by atoms with Crippen LogP contribution < -0.4 is 5.73 Å². The van der Waals surface area contributed by atoms with Crippen LogP contribution in [0.4, 0.5) is 0 Å². The Hall–Kier alpha value is -0.610. The smallest absolute Gasteiger partial charge is 0.225 e. The van der Waals surface area contributed by atoms with Crippen LogP contribution in [0, 0.1) is 17.8 Å². The SMILES string of the molecule is CC(N)C1CN(C(=O)C2CC3CC3C2)CCO1. The van der Waals surface area contributed by atoms with Gasteiger partial charge in [-0.2, -0.15) is 0 Å². The lowest BCUT2D eigenvalue weighted by Crippen LogP contribution is -2.52. The molecule has 2 saturated carbocycles. The van der Waals surface area contributed by atoms with Gasteiger partial charge in [-0.15, -0.1) is 0 Å². The second-order valence-electron chi connectivity index (χ2n) is 5.98. The highest BCUT2D eigenvalue weighted by Gasteiger charge is 2.49. The lowest BCUT2D eigenvalue weighted by molar-refractivity contribution is -0.143. The van der Waals surface area contributed by atoms with Gasteiger partial charge in [0.1, 0.15) is 0 Å². The van der Waals surface area contributed by atoms with E-state index in [1.54, 1.807) is 0 Å². The van der Waals surface area contributed by atoms with E-state index in [0.29, 0.717) is 25.0 Å². The first-order valence-electron chi connectivity index (χ1n) is 6.81. The third kappa shape index (κ3) is 2.20. The van der Waals surface area contributed by atoms with E-state index < -0.39 is 0 Å². The predicted molar refractivity (Wildman–Crippen MR) is 64.3 cm³/mol. The lowest BCUT2D eigenvalue weighted by atomic mass is 10.0. The van der Waals surface area contributed by atoms with E-state index in [9.17, 15) is 4.79 Å². The summed E-state index contributed by atoms with van der Waals surface area (Å²) >= 11 is 0. The minimum atomic E-state index is 0.00239. The van der Waals surface area contributed by atoms with Crippen LogP contribution in [0.25, 0.3) is 0 Å². The van der Waals surface area contributed by atoms with Crippen LogP contribution >= 0.6 is 0 Å². The standard InChI is InChI=1S/C13H22N2O2/c1-8(14)12-7-15(2-3-17-12)13(16)11-5-9-4-10(9)6-11/h8-12H,2-7,14H2,1H3. The van der Waals surface area contributed by atoms with Crippen molar-refractivity contribution in [1.82, 2.24) is 4.90 Å². The molecule has 1 aliphatic heterocycles. The first-order valence-corrected chi connectivity index (χ1v) is 6.81. The van der Waals surface area contributed by atoms with E-state index in [1.165, 1.54) is 6.42 Å². The quantitative estimate of drug-likeness (QED) is 0.767. The van der Waals surface area contributed by atoms with Crippen molar-refractivity contribution < 1.29 is 9.53 Å². The topological polar surface area (TPSA) is 55.6 Å². The van der Waals surface area contributed by atoms with E-state index in [4.69, 9.17) is 10.5 Å². The molecule has 1 heterocycles. The van der Waals surface area contributed by atoms with Crippen molar-refractivity contribution in [3.63, 3.8) is 0 Å². The highest BCUT2D eigenvalue weighted by atomic mass is 16.5.